The molecule has 0 radical (unpaired) electrons. The summed E-state index contributed by atoms with van der Waals surface area (Å²) in [7, 11) is -1.90. The molecule has 3 aromatic rings. The Balaban J connectivity index is 1.85. The number of nitro groups is 1. The number of hydrogen-bond acceptors (Lipinski definition) is 7. The van der Waals surface area contributed by atoms with E-state index < -0.39 is 14.9 Å². The molecule has 1 N–H and O–H groups in total. The number of anilines is 1. The number of nitrogens with one attached hydrogen (secondary N) is 1. The summed E-state index contributed by atoms with van der Waals surface area (Å²) in [5.41, 5.74) is 0.275. The Hall–Kier alpha value is -2.98. The van der Waals surface area contributed by atoms with Gasteiger partial charge in [-0.3, -0.25) is 10.1 Å². The van der Waals surface area contributed by atoms with Crippen molar-refractivity contribution in [2.24, 2.45) is 0 Å². The minimum atomic E-state index is -3.85. The molecule has 0 saturated carbocycles. The molecular weight excluding hydrogens is 370 g/mol. The molecule has 1 aromatic carbocycles. The number of nitrogens with zero attached hydrogens (tertiary/aromatic N) is 4. The first-order valence-electron chi connectivity index (χ1n) is 8.28. The third kappa shape index (κ3) is 2.92. The van der Waals surface area contributed by atoms with Gasteiger partial charge in [-0.05, 0) is 25.2 Å². The van der Waals surface area contributed by atoms with Crippen LogP contribution in [0.4, 0.5) is 11.4 Å². The normalized spacial score (nSPS) is 15.6. The van der Waals surface area contributed by atoms with Crippen molar-refractivity contribution in [1.82, 2.24) is 13.9 Å². The molecule has 2 aromatic heterocycles. The van der Waals surface area contributed by atoms with Crippen molar-refractivity contribution >= 4 is 32.4 Å². The van der Waals surface area contributed by atoms with Crippen LogP contribution in [0.5, 0.6) is 0 Å². The molecule has 0 aliphatic carbocycles. The fraction of sp³-hybridized carbons (Fsp3) is 0.235. The maximum Gasteiger partial charge on any atom is 0.311 e. The Labute approximate surface area is 155 Å². The number of rotatable bonds is 5. The van der Waals surface area contributed by atoms with E-state index in [-0.39, 0.29) is 22.3 Å². The monoisotopic (exact) mass is 387 g/mol. The lowest BCUT2D eigenvalue weighted by Crippen LogP contribution is -2.52. The lowest BCUT2D eigenvalue weighted by Gasteiger charge is -2.37. The Kier molecular flexibility index (Phi) is 4.08. The van der Waals surface area contributed by atoms with Crippen LogP contribution in [0.25, 0.3) is 11.0 Å². The van der Waals surface area contributed by atoms with Gasteiger partial charge in [-0.2, -0.15) is 0 Å². The van der Waals surface area contributed by atoms with Gasteiger partial charge in [0.15, 0.2) is 5.65 Å². The minimum Gasteiger partial charge on any atom is -0.374 e. The van der Waals surface area contributed by atoms with Gasteiger partial charge in [-0.25, -0.2) is 17.4 Å². The van der Waals surface area contributed by atoms with Gasteiger partial charge in [-0.1, -0.05) is 18.2 Å². The first-order chi connectivity index (χ1) is 12.9. The van der Waals surface area contributed by atoms with E-state index in [2.05, 4.69) is 15.2 Å². The van der Waals surface area contributed by atoms with Gasteiger partial charge >= 0.3 is 5.69 Å². The van der Waals surface area contributed by atoms with E-state index in [9.17, 15) is 18.5 Å². The van der Waals surface area contributed by atoms with E-state index in [1.807, 2.05) is 7.05 Å². The molecule has 4 rings (SSSR count). The van der Waals surface area contributed by atoms with Gasteiger partial charge in [0.2, 0.25) is 0 Å². The van der Waals surface area contributed by atoms with Crippen LogP contribution in [0.1, 0.15) is 0 Å². The quantitative estimate of drug-likeness (QED) is 0.526. The molecule has 140 valence electrons. The molecule has 1 fully saturated rings. The standard InChI is InChI=1S/C17H17N5O4S/c1-20-10-12(11-20)19-16-14-7-8-21(17(14)18-9-15(16)22(23)24)27(25,26)13-5-3-2-4-6-13/h2-9,12H,10-11H2,1H3,(H,18,19). The van der Waals surface area contributed by atoms with Crippen molar-refractivity contribution in [2.45, 2.75) is 10.9 Å². The predicted octanol–water partition coefficient (Wildman–Crippen LogP) is 1.91. The van der Waals surface area contributed by atoms with Crippen molar-refractivity contribution in [3.63, 3.8) is 0 Å². The van der Waals surface area contributed by atoms with E-state index in [0.29, 0.717) is 11.1 Å². The molecule has 0 amide bonds. The van der Waals surface area contributed by atoms with Crippen molar-refractivity contribution < 1.29 is 13.3 Å². The smallest absolute Gasteiger partial charge is 0.311 e. The summed E-state index contributed by atoms with van der Waals surface area (Å²) in [5.74, 6) is 0. The van der Waals surface area contributed by atoms with Crippen molar-refractivity contribution in [3.8, 4) is 0 Å². The first kappa shape index (κ1) is 17.4. The van der Waals surface area contributed by atoms with Crippen LogP contribution in [0.3, 0.4) is 0 Å². The number of likely N-dealkylation sites (N-methyl/N-ethyl adjacent to an activating group) is 1. The largest absolute Gasteiger partial charge is 0.374 e. The summed E-state index contributed by atoms with van der Waals surface area (Å²) in [6.45, 7) is 1.51. The average molecular weight is 387 g/mol. The summed E-state index contributed by atoms with van der Waals surface area (Å²) in [5, 5.41) is 15.0. The van der Waals surface area contributed by atoms with Crippen LogP contribution in [0.15, 0.2) is 53.7 Å². The second kappa shape index (κ2) is 6.32. The second-order valence-electron chi connectivity index (χ2n) is 6.50. The van der Waals surface area contributed by atoms with Crippen molar-refractivity contribution in [2.75, 3.05) is 25.5 Å². The summed E-state index contributed by atoms with van der Waals surface area (Å²) < 4.78 is 26.9. The molecule has 10 heteroatoms. The average Bonchev–Trinajstić information content (AvgIpc) is 3.06. The van der Waals surface area contributed by atoms with E-state index in [1.165, 1.54) is 18.3 Å². The molecule has 0 bridgehead atoms. The van der Waals surface area contributed by atoms with E-state index >= 15 is 0 Å². The summed E-state index contributed by atoms with van der Waals surface area (Å²) in [6.07, 6.45) is 2.48. The number of benzene rings is 1. The van der Waals surface area contributed by atoms with Gasteiger partial charge in [0.05, 0.1) is 21.2 Å². The summed E-state index contributed by atoms with van der Waals surface area (Å²) >= 11 is 0. The molecule has 1 saturated heterocycles. The minimum absolute atomic E-state index is 0.0633. The molecule has 0 atom stereocenters. The van der Waals surface area contributed by atoms with E-state index in [1.54, 1.807) is 24.3 Å². The fourth-order valence-electron chi connectivity index (χ4n) is 3.24. The Morgan fingerprint density at radius 2 is 1.93 bits per heavy atom. The molecule has 3 heterocycles. The fourth-order valence-corrected chi connectivity index (χ4v) is 4.56. The van der Waals surface area contributed by atoms with Gasteiger partial charge in [0.25, 0.3) is 10.0 Å². The van der Waals surface area contributed by atoms with Crippen LogP contribution in [0.2, 0.25) is 0 Å². The lowest BCUT2D eigenvalue weighted by atomic mass is 10.1. The third-order valence-electron chi connectivity index (χ3n) is 4.57. The van der Waals surface area contributed by atoms with Gasteiger partial charge in [0.1, 0.15) is 11.9 Å². The highest BCUT2D eigenvalue weighted by Crippen LogP contribution is 2.34. The zero-order valence-electron chi connectivity index (χ0n) is 14.4. The zero-order chi connectivity index (χ0) is 19.2. The topological polar surface area (TPSA) is 110 Å². The molecule has 1 aliphatic heterocycles. The maximum absolute atomic E-state index is 12.9. The van der Waals surface area contributed by atoms with Crippen LogP contribution in [-0.2, 0) is 10.0 Å². The number of likely N-dealkylation sites (tertiary alicyclic amines) is 1. The Bertz CT molecular complexity index is 1120. The van der Waals surface area contributed by atoms with Crippen LogP contribution >= 0.6 is 0 Å². The maximum atomic E-state index is 12.9. The molecule has 27 heavy (non-hydrogen) atoms. The highest BCUT2D eigenvalue weighted by atomic mass is 32.2. The van der Waals surface area contributed by atoms with Crippen LogP contribution in [-0.4, -0.2) is 53.4 Å². The van der Waals surface area contributed by atoms with Gasteiger partial charge in [-0.15, -0.1) is 0 Å². The highest BCUT2D eigenvalue weighted by Gasteiger charge is 2.29. The Morgan fingerprint density at radius 3 is 2.56 bits per heavy atom. The molecule has 0 unspecified atom stereocenters. The van der Waals surface area contributed by atoms with E-state index in [0.717, 1.165) is 23.3 Å². The van der Waals surface area contributed by atoms with Crippen molar-refractivity contribution in [1.29, 1.82) is 0 Å². The van der Waals surface area contributed by atoms with E-state index in [4.69, 9.17) is 0 Å². The second-order valence-corrected chi connectivity index (χ2v) is 8.32. The molecule has 1 aliphatic rings. The highest BCUT2D eigenvalue weighted by molar-refractivity contribution is 7.90. The third-order valence-corrected chi connectivity index (χ3v) is 6.25. The van der Waals surface area contributed by atoms with Crippen LogP contribution in [0, 0.1) is 10.1 Å². The summed E-state index contributed by atoms with van der Waals surface area (Å²) in [6, 6.07) is 9.60. The number of aromatic nitrogens is 2. The SMILES string of the molecule is CN1CC(Nc2c([N+](=O)[O-])cnc3c2ccn3S(=O)(=O)c2ccccc2)C1. The number of hydrogen-bond donors (Lipinski definition) is 1. The van der Waals surface area contributed by atoms with Crippen molar-refractivity contribution in [3.05, 3.63) is 58.9 Å². The van der Waals surface area contributed by atoms with Gasteiger partial charge < -0.3 is 10.2 Å². The number of pyridine rings is 1. The molecule has 9 nitrogen and oxygen atoms in total. The summed E-state index contributed by atoms with van der Waals surface area (Å²) in [4.78, 5) is 17.2. The first-order valence-corrected chi connectivity index (χ1v) is 9.72. The zero-order valence-corrected chi connectivity index (χ0v) is 15.3. The van der Waals surface area contributed by atoms with Gasteiger partial charge in [0, 0.05) is 19.3 Å². The molecule has 0 spiro atoms. The molecular formula is C17H17N5O4S. The number of fused-ring (bicyclic) bond motifs is 1. The predicted molar refractivity (Wildman–Crippen MR) is 100 cm³/mol. The Morgan fingerprint density at radius 1 is 1.22 bits per heavy atom. The lowest BCUT2D eigenvalue weighted by molar-refractivity contribution is -0.384. The van der Waals surface area contributed by atoms with Crippen LogP contribution < -0.4 is 5.32 Å².